The summed E-state index contributed by atoms with van der Waals surface area (Å²) in [6.07, 6.45) is 0. The minimum atomic E-state index is 0.306. The standard InChI is InChI=1S/C10H11ClN4/c1-7-3-8(2)5-9(4-7)15-10(6-11)12-13-14-15/h3-5H,6H2,1-2H3. The second kappa shape index (κ2) is 3.98. The second-order valence-electron chi connectivity index (χ2n) is 3.49. The number of hydrogen-bond acceptors (Lipinski definition) is 3. The zero-order valence-corrected chi connectivity index (χ0v) is 9.36. The first kappa shape index (κ1) is 10.1. The number of hydrogen-bond donors (Lipinski definition) is 0. The van der Waals surface area contributed by atoms with Gasteiger partial charge in [0.05, 0.1) is 11.6 Å². The van der Waals surface area contributed by atoms with Crippen molar-refractivity contribution < 1.29 is 0 Å². The van der Waals surface area contributed by atoms with E-state index in [0.29, 0.717) is 11.7 Å². The van der Waals surface area contributed by atoms with Crippen LogP contribution in [0.25, 0.3) is 5.69 Å². The minimum absolute atomic E-state index is 0.306. The van der Waals surface area contributed by atoms with E-state index in [4.69, 9.17) is 11.6 Å². The highest BCUT2D eigenvalue weighted by atomic mass is 35.5. The highest BCUT2D eigenvalue weighted by Gasteiger charge is 2.07. The molecule has 4 nitrogen and oxygen atoms in total. The summed E-state index contributed by atoms with van der Waals surface area (Å²) >= 11 is 5.74. The van der Waals surface area contributed by atoms with Crippen LogP contribution in [0.1, 0.15) is 17.0 Å². The summed E-state index contributed by atoms with van der Waals surface area (Å²) in [6, 6.07) is 6.16. The van der Waals surface area contributed by atoms with E-state index in [-0.39, 0.29) is 0 Å². The minimum Gasteiger partial charge on any atom is -0.196 e. The molecule has 0 fully saturated rings. The molecule has 0 spiro atoms. The fraction of sp³-hybridized carbons (Fsp3) is 0.300. The predicted octanol–water partition coefficient (Wildman–Crippen LogP) is 2.02. The van der Waals surface area contributed by atoms with Crippen molar-refractivity contribution in [2.45, 2.75) is 19.7 Å². The molecule has 0 unspecified atom stereocenters. The molecule has 0 aliphatic carbocycles. The summed E-state index contributed by atoms with van der Waals surface area (Å²) in [6.45, 7) is 4.09. The van der Waals surface area contributed by atoms with Crippen LogP contribution < -0.4 is 0 Å². The van der Waals surface area contributed by atoms with Crippen LogP contribution in [0.5, 0.6) is 0 Å². The number of aryl methyl sites for hydroxylation is 2. The average Bonchev–Trinajstić information content (AvgIpc) is 2.63. The number of rotatable bonds is 2. The van der Waals surface area contributed by atoms with Gasteiger partial charge in [-0.2, -0.15) is 4.68 Å². The van der Waals surface area contributed by atoms with Crippen molar-refractivity contribution >= 4 is 11.6 Å². The van der Waals surface area contributed by atoms with Gasteiger partial charge in [-0.05, 0) is 47.5 Å². The van der Waals surface area contributed by atoms with Crippen LogP contribution in [-0.4, -0.2) is 20.2 Å². The van der Waals surface area contributed by atoms with Gasteiger partial charge in [0.2, 0.25) is 0 Å². The predicted molar refractivity (Wildman–Crippen MR) is 58.2 cm³/mol. The fourth-order valence-electron chi connectivity index (χ4n) is 1.56. The Kier molecular flexibility index (Phi) is 2.68. The summed E-state index contributed by atoms with van der Waals surface area (Å²) in [4.78, 5) is 0. The summed E-state index contributed by atoms with van der Waals surface area (Å²) in [5.74, 6) is 0.960. The highest BCUT2D eigenvalue weighted by molar-refractivity contribution is 6.16. The van der Waals surface area contributed by atoms with Crippen molar-refractivity contribution in [3.8, 4) is 5.69 Å². The SMILES string of the molecule is Cc1cc(C)cc(-n2nnnc2CCl)c1. The van der Waals surface area contributed by atoms with Gasteiger partial charge in [0.25, 0.3) is 0 Å². The first-order chi connectivity index (χ1) is 7.20. The zero-order valence-electron chi connectivity index (χ0n) is 8.61. The Labute approximate surface area is 92.9 Å². The maximum absolute atomic E-state index is 5.74. The largest absolute Gasteiger partial charge is 0.196 e. The lowest BCUT2D eigenvalue weighted by Crippen LogP contribution is -2.02. The van der Waals surface area contributed by atoms with Gasteiger partial charge in [-0.3, -0.25) is 0 Å². The Bertz CT molecular complexity index is 458. The molecule has 0 amide bonds. The number of halogens is 1. The van der Waals surface area contributed by atoms with Crippen LogP contribution in [0.3, 0.4) is 0 Å². The van der Waals surface area contributed by atoms with Crippen LogP contribution in [-0.2, 0) is 5.88 Å². The summed E-state index contributed by atoms with van der Waals surface area (Å²) in [5, 5.41) is 11.4. The van der Waals surface area contributed by atoms with Gasteiger partial charge in [0.1, 0.15) is 0 Å². The van der Waals surface area contributed by atoms with Gasteiger partial charge in [-0.25, -0.2) is 0 Å². The Hall–Kier alpha value is -1.42. The molecule has 0 aliphatic heterocycles. The number of aromatic nitrogens is 4. The Balaban J connectivity index is 2.53. The molecule has 0 saturated carbocycles. The van der Waals surface area contributed by atoms with Gasteiger partial charge in [-0.1, -0.05) is 6.07 Å². The van der Waals surface area contributed by atoms with Crippen molar-refractivity contribution in [3.63, 3.8) is 0 Å². The van der Waals surface area contributed by atoms with Crippen LogP contribution >= 0.6 is 11.6 Å². The van der Waals surface area contributed by atoms with Gasteiger partial charge >= 0.3 is 0 Å². The van der Waals surface area contributed by atoms with Crippen LogP contribution in [0.15, 0.2) is 18.2 Å². The molecular formula is C10H11ClN4. The maximum Gasteiger partial charge on any atom is 0.171 e. The molecule has 0 saturated heterocycles. The van der Waals surface area contributed by atoms with Crippen molar-refractivity contribution in [2.24, 2.45) is 0 Å². The van der Waals surface area contributed by atoms with Crippen molar-refractivity contribution in [3.05, 3.63) is 35.2 Å². The van der Waals surface area contributed by atoms with Gasteiger partial charge in [-0.15, -0.1) is 16.7 Å². The Morgan fingerprint density at radius 2 is 1.87 bits per heavy atom. The van der Waals surface area contributed by atoms with Crippen molar-refractivity contribution in [1.29, 1.82) is 0 Å². The van der Waals surface area contributed by atoms with Crippen molar-refractivity contribution in [2.75, 3.05) is 0 Å². The quantitative estimate of drug-likeness (QED) is 0.731. The highest BCUT2D eigenvalue weighted by Crippen LogP contribution is 2.14. The smallest absolute Gasteiger partial charge is 0.171 e. The zero-order chi connectivity index (χ0) is 10.8. The molecule has 1 aromatic heterocycles. The van der Waals surface area contributed by atoms with E-state index in [1.54, 1.807) is 4.68 Å². The molecule has 0 N–H and O–H groups in total. The third kappa shape index (κ3) is 1.99. The number of tetrazole rings is 1. The molecule has 1 heterocycles. The molecule has 2 rings (SSSR count). The van der Waals surface area contributed by atoms with Gasteiger partial charge in [0.15, 0.2) is 5.82 Å². The lowest BCUT2D eigenvalue weighted by atomic mass is 10.1. The molecule has 78 valence electrons. The van der Waals surface area contributed by atoms with Crippen LogP contribution in [0, 0.1) is 13.8 Å². The normalized spacial score (nSPS) is 10.6. The molecule has 1 aromatic carbocycles. The molecule has 0 radical (unpaired) electrons. The Morgan fingerprint density at radius 3 is 2.47 bits per heavy atom. The number of benzene rings is 1. The fourth-order valence-corrected chi connectivity index (χ4v) is 1.73. The topological polar surface area (TPSA) is 43.6 Å². The third-order valence-electron chi connectivity index (χ3n) is 2.10. The lowest BCUT2D eigenvalue weighted by Gasteiger charge is -2.05. The first-order valence-corrected chi connectivity index (χ1v) is 5.16. The Morgan fingerprint density at radius 1 is 1.20 bits per heavy atom. The molecule has 0 bridgehead atoms. The van der Waals surface area contributed by atoms with Gasteiger partial charge in [0, 0.05) is 0 Å². The summed E-state index contributed by atoms with van der Waals surface area (Å²) in [5.41, 5.74) is 3.31. The second-order valence-corrected chi connectivity index (χ2v) is 3.75. The van der Waals surface area contributed by atoms with E-state index in [2.05, 4.69) is 21.6 Å². The van der Waals surface area contributed by atoms with E-state index in [1.807, 2.05) is 26.0 Å². The van der Waals surface area contributed by atoms with E-state index < -0.39 is 0 Å². The monoisotopic (exact) mass is 222 g/mol. The average molecular weight is 223 g/mol. The molecule has 2 aromatic rings. The summed E-state index contributed by atoms with van der Waals surface area (Å²) in [7, 11) is 0. The molecule has 0 aliphatic rings. The summed E-state index contributed by atoms with van der Waals surface area (Å²) < 4.78 is 1.66. The van der Waals surface area contributed by atoms with Crippen LogP contribution in [0.4, 0.5) is 0 Å². The van der Waals surface area contributed by atoms with Gasteiger partial charge < -0.3 is 0 Å². The first-order valence-electron chi connectivity index (χ1n) is 4.62. The third-order valence-corrected chi connectivity index (χ3v) is 2.34. The molecule has 15 heavy (non-hydrogen) atoms. The van der Waals surface area contributed by atoms with E-state index in [9.17, 15) is 0 Å². The number of nitrogens with zero attached hydrogens (tertiary/aromatic N) is 4. The van der Waals surface area contributed by atoms with Crippen molar-refractivity contribution in [1.82, 2.24) is 20.2 Å². The maximum atomic E-state index is 5.74. The van der Waals surface area contributed by atoms with E-state index in [0.717, 1.165) is 5.69 Å². The van der Waals surface area contributed by atoms with Crippen LogP contribution in [0.2, 0.25) is 0 Å². The van der Waals surface area contributed by atoms with E-state index in [1.165, 1.54) is 11.1 Å². The lowest BCUT2D eigenvalue weighted by molar-refractivity contribution is 0.776. The number of alkyl halides is 1. The molecule has 5 heteroatoms. The molecular weight excluding hydrogens is 212 g/mol. The van der Waals surface area contributed by atoms with E-state index >= 15 is 0 Å². The molecule has 0 atom stereocenters.